The van der Waals surface area contributed by atoms with E-state index in [-0.39, 0.29) is 18.3 Å². The second-order valence-electron chi connectivity index (χ2n) is 7.09. The number of halogens is 1. The summed E-state index contributed by atoms with van der Waals surface area (Å²) >= 11 is 3.33. The van der Waals surface area contributed by atoms with Crippen LogP contribution in [0, 0.1) is 13.8 Å². The van der Waals surface area contributed by atoms with Crippen LogP contribution < -0.4 is 19.6 Å². The van der Waals surface area contributed by atoms with E-state index >= 15 is 0 Å². The van der Waals surface area contributed by atoms with Crippen molar-refractivity contribution in [1.29, 1.82) is 0 Å². The Labute approximate surface area is 200 Å². The number of hydrogen-bond acceptors (Lipinski definition) is 6. The third-order valence-corrected chi connectivity index (χ3v) is 5.32. The standard InChI is InChI=1S/C25H23BrN2O5/c1-16-5-4-6-21(17(16)2)32-15-24(29)28-27-14-18-7-12-22(23(13-18)31-3)33-25(30)19-8-10-20(26)11-9-19/h4-14H,15H2,1-3H3,(H,28,29)/b27-14+. The topological polar surface area (TPSA) is 86.2 Å². The number of amides is 1. The van der Waals surface area contributed by atoms with Crippen LogP contribution in [-0.4, -0.2) is 31.8 Å². The molecule has 1 amide bonds. The molecule has 3 aromatic rings. The fourth-order valence-electron chi connectivity index (χ4n) is 2.83. The number of nitrogens with one attached hydrogen (secondary N) is 1. The molecule has 3 aromatic carbocycles. The molecule has 0 aromatic heterocycles. The molecular weight excluding hydrogens is 488 g/mol. The number of benzene rings is 3. The highest BCUT2D eigenvalue weighted by atomic mass is 79.9. The van der Waals surface area contributed by atoms with E-state index in [1.165, 1.54) is 13.3 Å². The number of methoxy groups -OCH3 is 1. The monoisotopic (exact) mass is 510 g/mol. The molecule has 0 heterocycles. The highest BCUT2D eigenvalue weighted by Gasteiger charge is 2.13. The normalized spacial score (nSPS) is 10.7. The molecule has 0 atom stereocenters. The molecule has 0 bridgehead atoms. The summed E-state index contributed by atoms with van der Waals surface area (Å²) in [6.07, 6.45) is 1.46. The molecule has 1 N–H and O–H groups in total. The van der Waals surface area contributed by atoms with Crippen molar-refractivity contribution in [2.75, 3.05) is 13.7 Å². The van der Waals surface area contributed by atoms with Gasteiger partial charge in [0.05, 0.1) is 18.9 Å². The van der Waals surface area contributed by atoms with Crippen molar-refractivity contribution in [3.63, 3.8) is 0 Å². The number of ether oxygens (including phenoxy) is 3. The zero-order chi connectivity index (χ0) is 23.8. The van der Waals surface area contributed by atoms with Crippen LogP contribution in [0.25, 0.3) is 0 Å². The summed E-state index contributed by atoms with van der Waals surface area (Å²) < 4.78 is 17.2. The lowest BCUT2D eigenvalue weighted by molar-refractivity contribution is -0.123. The Morgan fingerprint density at radius 3 is 2.48 bits per heavy atom. The molecule has 170 valence electrons. The Hall–Kier alpha value is -3.65. The number of carbonyl (C=O) groups excluding carboxylic acids is 2. The third-order valence-electron chi connectivity index (χ3n) is 4.79. The van der Waals surface area contributed by atoms with Crippen LogP contribution in [0.15, 0.2) is 70.2 Å². The minimum absolute atomic E-state index is 0.157. The van der Waals surface area contributed by atoms with Gasteiger partial charge in [-0.2, -0.15) is 5.10 Å². The van der Waals surface area contributed by atoms with Gasteiger partial charge in [0.1, 0.15) is 5.75 Å². The zero-order valence-corrected chi connectivity index (χ0v) is 20.0. The van der Waals surface area contributed by atoms with E-state index in [0.29, 0.717) is 22.6 Å². The molecule has 0 aliphatic carbocycles. The number of rotatable bonds is 8. The lowest BCUT2D eigenvalue weighted by Gasteiger charge is -2.10. The molecule has 0 saturated heterocycles. The molecule has 0 fully saturated rings. The van der Waals surface area contributed by atoms with Crippen LogP contribution in [0.3, 0.4) is 0 Å². The molecule has 0 radical (unpaired) electrons. The van der Waals surface area contributed by atoms with E-state index in [1.807, 2.05) is 32.0 Å². The maximum Gasteiger partial charge on any atom is 0.343 e. The molecule has 0 unspecified atom stereocenters. The Morgan fingerprint density at radius 2 is 1.76 bits per heavy atom. The van der Waals surface area contributed by atoms with Gasteiger partial charge < -0.3 is 14.2 Å². The summed E-state index contributed by atoms with van der Waals surface area (Å²) in [5.41, 5.74) is 5.56. The summed E-state index contributed by atoms with van der Waals surface area (Å²) in [5.74, 6) is 0.396. The van der Waals surface area contributed by atoms with Crippen molar-refractivity contribution in [2.45, 2.75) is 13.8 Å². The minimum Gasteiger partial charge on any atom is -0.493 e. The quantitative estimate of drug-likeness (QED) is 0.203. The first-order valence-electron chi connectivity index (χ1n) is 10.0. The SMILES string of the molecule is COc1cc(/C=N/NC(=O)COc2cccc(C)c2C)ccc1OC(=O)c1ccc(Br)cc1. The summed E-state index contributed by atoms with van der Waals surface area (Å²) in [6, 6.07) is 17.4. The first kappa shape index (κ1) is 24.0. The van der Waals surface area contributed by atoms with Gasteiger partial charge in [0.25, 0.3) is 5.91 Å². The molecule has 3 rings (SSSR count). The Balaban J connectivity index is 1.57. The Kier molecular flexibility index (Phi) is 8.21. The smallest absolute Gasteiger partial charge is 0.343 e. The highest BCUT2D eigenvalue weighted by molar-refractivity contribution is 9.10. The molecule has 33 heavy (non-hydrogen) atoms. The maximum absolute atomic E-state index is 12.4. The van der Waals surface area contributed by atoms with E-state index in [2.05, 4.69) is 26.5 Å². The predicted octanol–water partition coefficient (Wildman–Crippen LogP) is 4.82. The van der Waals surface area contributed by atoms with Gasteiger partial charge in [-0.05, 0) is 79.1 Å². The molecular formula is C25H23BrN2O5. The lowest BCUT2D eigenvalue weighted by Crippen LogP contribution is -2.24. The molecule has 0 spiro atoms. The summed E-state index contributed by atoms with van der Waals surface area (Å²) in [5, 5.41) is 3.94. The molecule has 0 saturated carbocycles. The summed E-state index contributed by atoms with van der Waals surface area (Å²) in [7, 11) is 1.47. The maximum atomic E-state index is 12.4. The number of nitrogens with zero attached hydrogens (tertiary/aromatic N) is 1. The van der Waals surface area contributed by atoms with Gasteiger partial charge in [0.15, 0.2) is 18.1 Å². The van der Waals surface area contributed by atoms with E-state index < -0.39 is 5.97 Å². The van der Waals surface area contributed by atoms with E-state index in [1.54, 1.807) is 42.5 Å². The first-order valence-corrected chi connectivity index (χ1v) is 10.8. The van der Waals surface area contributed by atoms with E-state index in [0.717, 1.165) is 15.6 Å². The molecule has 0 aliphatic heterocycles. The van der Waals surface area contributed by atoms with Gasteiger partial charge in [-0.1, -0.05) is 28.1 Å². The summed E-state index contributed by atoms with van der Waals surface area (Å²) in [4.78, 5) is 24.4. The van der Waals surface area contributed by atoms with Crippen molar-refractivity contribution in [3.8, 4) is 17.2 Å². The van der Waals surface area contributed by atoms with Crippen LogP contribution in [-0.2, 0) is 4.79 Å². The second kappa shape index (κ2) is 11.3. The fraction of sp³-hybridized carbons (Fsp3) is 0.160. The van der Waals surface area contributed by atoms with Gasteiger partial charge in [0, 0.05) is 4.47 Å². The van der Waals surface area contributed by atoms with Gasteiger partial charge in [-0.3, -0.25) is 4.79 Å². The van der Waals surface area contributed by atoms with Crippen molar-refractivity contribution in [3.05, 3.63) is 87.4 Å². The summed E-state index contributed by atoms with van der Waals surface area (Å²) in [6.45, 7) is 3.76. The lowest BCUT2D eigenvalue weighted by atomic mass is 10.1. The number of esters is 1. The van der Waals surface area contributed by atoms with E-state index in [4.69, 9.17) is 14.2 Å². The van der Waals surface area contributed by atoms with Crippen LogP contribution in [0.1, 0.15) is 27.0 Å². The fourth-order valence-corrected chi connectivity index (χ4v) is 3.09. The van der Waals surface area contributed by atoms with Gasteiger partial charge in [-0.25, -0.2) is 10.2 Å². The van der Waals surface area contributed by atoms with Crippen LogP contribution >= 0.6 is 15.9 Å². The molecule has 7 nitrogen and oxygen atoms in total. The van der Waals surface area contributed by atoms with Crippen molar-refractivity contribution >= 4 is 34.0 Å². The minimum atomic E-state index is -0.502. The van der Waals surface area contributed by atoms with Crippen LogP contribution in [0.4, 0.5) is 0 Å². The van der Waals surface area contributed by atoms with Crippen molar-refractivity contribution < 1.29 is 23.8 Å². The van der Waals surface area contributed by atoms with Gasteiger partial charge in [0.2, 0.25) is 0 Å². The predicted molar refractivity (Wildman–Crippen MR) is 129 cm³/mol. The van der Waals surface area contributed by atoms with Gasteiger partial charge in [-0.15, -0.1) is 0 Å². The zero-order valence-electron chi connectivity index (χ0n) is 18.4. The first-order chi connectivity index (χ1) is 15.9. The third kappa shape index (κ3) is 6.66. The number of hydrogen-bond donors (Lipinski definition) is 1. The van der Waals surface area contributed by atoms with Crippen LogP contribution in [0.2, 0.25) is 0 Å². The number of hydrazone groups is 1. The molecule has 8 heteroatoms. The molecule has 0 aliphatic rings. The highest BCUT2D eigenvalue weighted by Crippen LogP contribution is 2.28. The average Bonchev–Trinajstić information content (AvgIpc) is 2.81. The Morgan fingerprint density at radius 1 is 1.00 bits per heavy atom. The van der Waals surface area contributed by atoms with Crippen molar-refractivity contribution in [1.82, 2.24) is 5.43 Å². The average molecular weight is 511 g/mol. The van der Waals surface area contributed by atoms with Gasteiger partial charge >= 0.3 is 5.97 Å². The van der Waals surface area contributed by atoms with Crippen molar-refractivity contribution in [2.24, 2.45) is 5.10 Å². The number of aryl methyl sites for hydroxylation is 1. The van der Waals surface area contributed by atoms with Crippen LogP contribution in [0.5, 0.6) is 17.2 Å². The second-order valence-corrected chi connectivity index (χ2v) is 8.00. The largest absolute Gasteiger partial charge is 0.493 e. The number of carbonyl (C=O) groups is 2. The van der Waals surface area contributed by atoms with E-state index in [9.17, 15) is 9.59 Å². The Bertz CT molecular complexity index is 1180.